The molecule has 3 heteroatoms. The lowest BCUT2D eigenvalue weighted by molar-refractivity contribution is -0.118. The molecule has 0 saturated carbocycles. The van der Waals surface area contributed by atoms with E-state index in [0.717, 1.165) is 22.9 Å². The van der Waals surface area contributed by atoms with Crippen molar-refractivity contribution in [2.75, 3.05) is 6.54 Å². The van der Waals surface area contributed by atoms with Crippen LogP contribution in [0.4, 0.5) is 0 Å². The number of carbonyl (C=O) groups excluding carboxylic acids is 1. The topological polar surface area (TPSA) is 43.1 Å². The Morgan fingerprint density at radius 2 is 1.84 bits per heavy atom. The average molecular weight is 326 g/mol. The number of carbonyl (C=O) groups is 1. The highest BCUT2D eigenvalue weighted by atomic mass is 79.9. The van der Waals surface area contributed by atoms with Crippen LogP contribution in [0.5, 0.6) is 0 Å². The van der Waals surface area contributed by atoms with Crippen LogP contribution >= 0.6 is 15.9 Å². The van der Waals surface area contributed by atoms with Crippen molar-refractivity contribution in [1.29, 1.82) is 0 Å². The molecule has 2 N–H and O–H groups in total. The van der Waals surface area contributed by atoms with E-state index in [0.29, 0.717) is 37.0 Å². The third kappa shape index (κ3) is 6.35. The van der Waals surface area contributed by atoms with Crippen LogP contribution in [0.25, 0.3) is 0 Å². The molecule has 0 aliphatic heterocycles. The summed E-state index contributed by atoms with van der Waals surface area (Å²) >= 11 is 3.40. The molecule has 2 nitrogen and oxygen atoms in total. The first kappa shape index (κ1) is 16.4. The van der Waals surface area contributed by atoms with E-state index in [1.807, 2.05) is 24.3 Å². The first-order valence-corrected chi connectivity index (χ1v) is 7.78. The van der Waals surface area contributed by atoms with Crippen molar-refractivity contribution in [1.82, 2.24) is 0 Å². The fourth-order valence-electron chi connectivity index (χ4n) is 2.29. The van der Waals surface area contributed by atoms with Gasteiger partial charge in [0.05, 0.1) is 0 Å². The standard InChI is InChI=1S/C16H24BrNO/c1-12(2)14(9-10-18)5-8-16(19)11-13-3-6-15(17)7-4-13/h3-4,6-7,12,14H,5,8-11,18H2,1-2H3. The minimum absolute atomic E-state index is 0.324. The van der Waals surface area contributed by atoms with Gasteiger partial charge in [0.15, 0.2) is 0 Å². The number of Topliss-reactive ketones (excluding diaryl/α,β-unsaturated/α-hetero) is 1. The van der Waals surface area contributed by atoms with Crippen LogP contribution in [0.15, 0.2) is 28.7 Å². The van der Waals surface area contributed by atoms with Crippen LogP contribution in [-0.4, -0.2) is 12.3 Å². The molecule has 0 heterocycles. The third-order valence-electron chi connectivity index (χ3n) is 3.59. The molecule has 0 aromatic heterocycles. The van der Waals surface area contributed by atoms with Crippen molar-refractivity contribution < 1.29 is 4.79 Å². The van der Waals surface area contributed by atoms with E-state index in [2.05, 4.69) is 29.8 Å². The molecule has 0 radical (unpaired) electrons. The summed E-state index contributed by atoms with van der Waals surface area (Å²) in [5.74, 6) is 1.49. The van der Waals surface area contributed by atoms with Gasteiger partial charge in [0.2, 0.25) is 0 Å². The highest BCUT2D eigenvalue weighted by Crippen LogP contribution is 2.21. The van der Waals surface area contributed by atoms with Crippen molar-refractivity contribution in [3.8, 4) is 0 Å². The van der Waals surface area contributed by atoms with E-state index in [9.17, 15) is 4.79 Å². The maximum Gasteiger partial charge on any atom is 0.137 e. The zero-order valence-electron chi connectivity index (χ0n) is 11.9. The lowest BCUT2D eigenvalue weighted by Gasteiger charge is -2.19. The molecule has 0 saturated heterocycles. The molecule has 1 atom stereocenters. The summed E-state index contributed by atoms with van der Waals surface area (Å²) in [6.07, 6.45) is 3.19. The van der Waals surface area contributed by atoms with Gasteiger partial charge < -0.3 is 5.73 Å². The van der Waals surface area contributed by atoms with Crippen LogP contribution in [0.2, 0.25) is 0 Å². The molecule has 0 amide bonds. The molecular weight excluding hydrogens is 302 g/mol. The van der Waals surface area contributed by atoms with Gasteiger partial charge in [-0.25, -0.2) is 0 Å². The van der Waals surface area contributed by atoms with Crippen molar-refractivity contribution >= 4 is 21.7 Å². The van der Waals surface area contributed by atoms with Gasteiger partial charge in [-0.05, 0) is 48.9 Å². The van der Waals surface area contributed by atoms with Crippen molar-refractivity contribution in [2.24, 2.45) is 17.6 Å². The summed E-state index contributed by atoms with van der Waals surface area (Å²) < 4.78 is 1.05. The lowest BCUT2D eigenvalue weighted by Crippen LogP contribution is -2.16. The maximum absolute atomic E-state index is 12.0. The largest absolute Gasteiger partial charge is 0.330 e. The van der Waals surface area contributed by atoms with Gasteiger partial charge >= 0.3 is 0 Å². The molecule has 19 heavy (non-hydrogen) atoms. The van der Waals surface area contributed by atoms with Gasteiger partial charge in [0.25, 0.3) is 0 Å². The fraction of sp³-hybridized carbons (Fsp3) is 0.562. The summed E-state index contributed by atoms with van der Waals surface area (Å²) in [5.41, 5.74) is 6.71. The molecule has 1 aromatic carbocycles. The highest BCUT2D eigenvalue weighted by Gasteiger charge is 2.14. The molecule has 0 aliphatic carbocycles. The summed E-state index contributed by atoms with van der Waals surface area (Å²) in [7, 11) is 0. The molecule has 0 aliphatic rings. The summed E-state index contributed by atoms with van der Waals surface area (Å²) in [5, 5.41) is 0. The predicted octanol–water partition coefficient (Wildman–Crippen LogP) is 3.96. The quantitative estimate of drug-likeness (QED) is 0.786. The number of halogens is 1. The van der Waals surface area contributed by atoms with Crippen LogP contribution in [0.3, 0.4) is 0 Å². The molecule has 0 bridgehead atoms. The molecular formula is C16H24BrNO. The average Bonchev–Trinajstić information content (AvgIpc) is 2.37. The van der Waals surface area contributed by atoms with Crippen molar-refractivity contribution in [2.45, 2.75) is 39.5 Å². The monoisotopic (exact) mass is 325 g/mol. The molecule has 1 aromatic rings. The van der Waals surface area contributed by atoms with E-state index in [-0.39, 0.29) is 0 Å². The van der Waals surface area contributed by atoms with Crippen LogP contribution in [-0.2, 0) is 11.2 Å². The van der Waals surface area contributed by atoms with Gasteiger partial charge in [0.1, 0.15) is 5.78 Å². The molecule has 0 fully saturated rings. The van der Waals surface area contributed by atoms with E-state index in [1.165, 1.54) is 0 Å². The first-order valence-electron chi connectivity index (χ1n) is 6.99. The summed E-state index contributed by atoms with van der Waals surface area (Å²) in [4.78, 5) is 12.0. The number of nitrogens with two attached hydrogens (primary N) is 1. The lowest BCUT2D eigenvalue weighted by atomic mass is 9.87. The molecule has 106 valence electrons. The Balaban J connectivity index is 2.40. The van der Waals surface area contributed by atoms with Gasteiger partial charge in [-0.2, -0.15) is 0 Å². The number of ketones is 1. The fourth-order valence-corrected chi connectivity index (χ4v) is 2.55. The van der Waals surface area contributed by atoms with E-state index < -0.39 is 0 Å². The van der Waals surface area contributed by atoms with Gasteiger partial charge in [-0.1, -0.05) is 41.9 Å². The van der Waals surface area contributed by atoms with Crippen LogP contribution < -0.4 is 5.73 Å². The SMILES string of the molecule is CC(C)C(CCN)CCC(=O)Cc1ccc(Br)cc1. The Kier molecular flexibility index (Phi) is 7.32. The highest BCUT2D eigenvalue weighted by molar-refractivity contribution is 9.10. The molecule has 1 unspecified atom stereocenters. The Bertz CT molecular complexity index is 386. The van der Waals surface area contributed by atoms with Crippen molar-refractivity contribution in [3.05, 3.63) is 34.3 Å². The Morgan fingerprint density at radius 1 is 1.21 bits per heavy atom. The van der Waals surface area contributed by atoms with E-state index in [1.54, 1.807) is 0 Å². The second-order valence-electron chi connectivity index (χ2n) is 5.46. The molecule has 1 rings (SSSR count). The molecule has 0 spiro atoms. The smallest absolute Gasteiger partial charge is 0.137 e. The number of rotatable bonds is 8. The summed E-state index contributed by atoms with van der Waals surface area (Å²) in [6.45, 7) is 5.13. The van der Waals surface area contributed by atoms with Gasteiger partial charge in [-0.15, -0.1) is 0 Å². The zero-order valence-corrected chi connectivity index (χ0v) is 13.4. The van der Waals surface area contributed by atoms with Crippen LogP contribution in [0.1, 0.15) is 38.7 Å². The normalized spacial score (nSPS) is 12.7. The first-order chi connectivity index (χ1) is 9.02. The second kappa shape index (κ2) is 8.49. The second-order valence-corrected chi connectivity index (χ2v) is 6.38. The zero-order chi connectivity index (χ0) is 14.3. The minimum atomic E-state index is 0.324. The van der Waals surface area contributed by atoms with E-state index in [4.69, 9.17) is 5.73 Å². The number of hydrogen-bond donors (Lipinski definition) is 1. The van der Waals surface area contributed by atoms with E-state index >= 15 is 0 Å². The maximum atomic E-state index is 12.0. The third-order valence-corrected chi connectivity index (χ3v) is 4.12. The van der Waals surface area contributed by atoms with Crippen molar-refractivity contribution in [3.63, 3.8) is 0 Å². The number of benzene rings is 1. The van der Waals surface area contributed by atoms with Gasteiger partial charge in [0, 0.05) is 17.3 Å². The summed E-state index contributed by atoms with van der Waals surface area (Å²) in [6, 6.07) is 7.96. The van der Waals surface area contributed by atoms with Gasteiger partial charge in [-0.3, -0.25) is 4.79 Å². The van der Waals surface area contributed by atoms with Crippen LogP contribution in [0, 0.1) is 11.8 Å². The Labute approximate surface area is 124 Å². The Hall–Kier alpha value is -0.670. The minimum Gasteiger partial charge on any atom is -0.330 e. The predicted molar refractivity (Wildman–Crippen MR) is 84.1 cm³/mol. The number of hydrogen-bond acceptors (Lipinski definition) is 2. The Morgan fingerprint density at radius 3 is 2.37 bits per heavy atom.